The highest BCUT2D eigenvalue weighted by molar-refractivity contribution is 5.79. The van der Waals surface area contributed by atoms with Crippen molar-refractivity contribution >= 4 is 5.96 Å². The van der Waals surface area contributed by atoms with Gasteiger partial charge in [0.15, 0.2) is 5.96 Å². The predicted molar refractivity (Wildman–Crippen MR) is 105 cm³/mol. The molecule has 0 aromatic heterocycles. The van der Waals surface area contributed by atoms with Gasteiger partial charge in [0, 0.05) is 39.8 Å². The van der Waals surface area contributed by atoms with E-state index in [9.17, 15) is 0 Å². The Kier molecular flexibility index (Phi) is 8.77. The molecule has 25 heavy (non-hydrogen) atoms. The number of hydrogen-bond donors (Lipinski definition) is 2. The van der Waals surface area contributed by atoms with Gasteiger partial charge in [0.2, 0.25) is 0 Å². The second kappa shape index (κ2) is 11.1. The Morgan fingerprint density at radius 1 is 1.08 bits per heavy atom. The molecule has 1 heterocycles. The van der Waals surface area contributed by atoms with Crippen molar-refractivity contribution in [3.63, 3.8) is 0 Å². The van der Waals surface area contributed by atoms with Crippen LogP contribution >= 0.6 is 0 Å². The van der Waals surface area contributed by atoms with E-state index in [1.165, 1.54) is 5.56 Å². The SMILES string of the molecule is CN=C(NCCCc1ccccc1)NCCCN1CC(C)OC(C)C1. The van der Waals surface area contributed by atoms with Crippen LogP contribution in [0.15, 0.2) is 35.3 Å². The van der Waals surface area contributed by atoms with Crippen LogP contribution in [-0.4, -0.2) is 62.8 Å². The number of hydrogen-bond acceptors (Lipinski definition) is 3. The number of morpholine rings is 1. The van der Waals surface area contributed by atoms with E-state index in [1.54, 1.807) is 0 Å². The number of aryl methyl sites for hydroxylation is 1. The minimum atomic E-state index is 0.343. The van der Waals surface area contributed by atoms with Crippen LogP contribution in [0.2, 0.25) is 0 Å². The fourth-order valence-corrected chi connectivity index (χ4v) is 3.34. The van der Waals surface area contributed by atoms with Gasteiger partial charge >= 0.3 is 0 Å². The first-order valence-corrected chi connectivity index (χ1v) is 9.53. The summed E-state index contributed by atoms with van der Waals surface area (Å²) >= 11 is 0. The lowest BCUT2D eigenvalue weighted by atomic mass is 10.1. The van der Waals surface area contributed by atoms with Gasteiger partial charge in [-0.15, -0.1) is 0 Å². The molecule has 1 saturated heterocycles. The number of ether oxygens (including phenoxy) is 1. The zero-order valence-electron chi connectivity index (χ0n) is 16.0. The molecular formula is C20H34N4O. The van der Waals surface area contributed by atoms with Gasteiger partial charge in [-0.25, -0.2) is 0 Å². The lowest BCUT2D eigenvalue weighted by molar-refractivity contribution is -0.0679. The van der Waals surface area contributed by atoms with Gasteiger partial charge in [0.25, 0.3) is 0 Å². The molecule has 1 aliphatic heterocycles. The third-order valence-electron chi connectivity index (χ3n) is 4.44. The van der Waals surface area contributed by atoms with Gasteiger partial charge in [-0.1, -0.05) is 30.3 Å². The van der Waals surface area contributed by atoms with E-state index in [0.29, 0.717) is 12.2 Å². The van der Waals surface area contributed by atoms with Crippen LogP contribution in [0.1, 0.15) is 32.3 Å². The molecule has 0 saturated carbocycles. The summed E-state index contributed by atoms with van der Waals surface area (Å²) in [5, 5.41) is 6.81. The summed E-state index contributed by atoms with van der Waals surface area (Å²) in [5.41, 5.74) is 1.39. The van der Waals surface area contributed by atoms with E-state index >= 15 is 0 Å². The Morgan fingerprint density at radius 3 is 2.36 bits per heavy atom. The minimum absolute atomic E-state index is 0.343. The normalized spacial score (nSPS) is 22.0. The Morgan fingerprint density at radius 2 is 1.72 bits per heavy atom. The largest absolute Gasteiger partial charge is 0.373 e. The molecule has 5 nitrogen and oxygen atoms in total. The zero-order valence-corrected chi connectivity index (χ0v) is 16.0. The summed E-state index contributed by atoms with van der Waals surface area (Å²) in [7, 11) is 1.83. The molecule has 1 aliphatic rings. The van der Waals surface area contributed by atoms with Crippen LogP contribution < -0.4 is 10.6 Å². The first-order chi connectivity index (χ1) is 12.2. The monoisotopic (exact) mass is 346 g/mol. The molecule has 2 N–H and O–H groups in total. The second-order valence-corrected chi connectivity index (χ2v) is 6.89. The van der Waals surface area contributed by atoms with Gasteiger partial charge in [0.1, 0.15) is 0 Å². The van der Waals surface area contributed by atoms with Crippen molar-refractivity contribution in [1.82, 2.24) is 15.5 Å². The molecule has 5 heteroatoms. The van der Waals surface area contributed by atoms with Crippen LogP contribution in [0.5, 0.6) is 0 Å². The van der Waals surface area contributed by atoms with Gasteiger partial charge in [-0.2, -0.15) is 0 Å². The van der Waals surface area contributed by atoms with E-state index in [-0.39, 0.29) is 0 Å². The molecule has 2 rings (SSSR count). The Balaban J connectivity index is 1.54. The molecular weight excluding hydrogens is 312 g/mol. The van der Waals surface area contributed by atoms with Crippen molar-refractivity contribution in [2.75, 3.05) is 39.8 Å². The number of nitrogens with one attached hydrogen (secondary N) is 2. The molecule has 1 fully saturated rings. The number of nitrogens with zero attached hydrogens (tertiary/aromatic N) is 2. The Hall–Kier alpha value is -1.59. The molecule has 1 aromatic rings. The second-order valence-electron chi connectivity index (χ2n) is 6.89. The maximum atomic E-state index is 5.78. The van der Waals surface area contributed by atoms with Crippen molar-refractivity contribution in [3.05, 3.63) is 35.9 Å². The summed E-state index contributed by atoms with van der Waals surface area (Å²) in [6.07, 6.45) is 4.00. The highest BCUT2D eigenvalue weighted by Crippen LogP contribution is 2.10. The Labute approximate surface area is 152 Å². The van der Waals surface area contributed by atoms with E-state index < -0.39 is 0 Å². The van der Waals surface area contributed by atoms with E-state index in [2.05, 4.69) is 64.7 Å². The van der Waals surface area contributed by atoms with E-state index in [0.717, 1.165) is 57.9 Å². The molecule has 0 aliphatic carbocycles. The van der Waals surface area contributed by atoms with Crippen LogP contribution in [-0.2, 0) is 11.2 Å². The molecule has 0 radical (unpaired) electrons. The van der Waals surface area contributed by atoms with Crippen molar-refractivity contribution in [3.8, 4) is 0 Å². The lowest BCUT2D eigenvalue weighted by Crippen LogP contribution is -2.46. The number of benzene rings is 1. The average Bonchev–Trinajstić information content (AvgIpc) is 2.60. The third-order valence-corrected chi connectivity index (χ3v) is 4.44. The predicted octanol–water partition coefficient (Wildman–Crippen LogP) is 2.28. The van der Waals surface area contributed by atoms with Crippen LogP contribution in [0, 0.1) is 0 Å². The maximum Gasteiger partial charge on any atom is 0.190 e. The molecule has 0 spiro atoms. The summed E-state index contributed by atoms with van der Waals surface area (Å²) in [6, 6.07) is 10.6. The standard InChI is InChI=1S/C20H34N4O/c1-17-15-24(16-18(2)25-17)14-8-13-23-20(21-3)22-12-7-11-19-9-5-4-6-10-19/h4-6,9-10,17-18H,7-8,11-16H2,1-3H3,(H2,21,22,23). The molecule has 1 aromatic carbocycles. The lowest BCUT2D eigenvalue weighted by Gasteiger charge is -2.35. The van der Waals surface area contributed by atoms with Gasteiger partial charge in [0.05, 0.1) is 12.2 Å². The zero-order chi connectivity index (χ0) is 17.9. The summed E-state index contributed by atoms with van der Waals surface area (Å²) < 4.78 is 5.78. The van der Waals surface area contributed by atoms with Gasteiger partial charge < -0.3 is 15.4 Å². The highest BCUT2D eigenvalue weighted by atomic mass is 16.5. The van der Waals surface area contributed by atoms with E-state index in [1.807, 2.05) is 7.05 Å². The smallest absolute Gasteiger partial charge is 0.190 e. The van der Waals surface area contributed by atoms with Crippen molar-refractivity contribution < 1.29 is 4.74 Å². The molecule has 140 valence electrons. The summed E-state index contributed by atoms with van der Waals surface area (Å²) in [4.78, 5) is 6.80. The quantitative estimate of drug-likeness (QED) is 0.431. The van der Waals surface area contributed by atoms with Crippen LogP contribution in [0.4, 0.5) is 0 Å². The highest BCUT2D eigenvalue weighted by Gasteiger charge is 2.21. The van der Waals surface area contributed by atoms with Crippen LogP contribution in [0.25, 0.3) is 0 Å². The van der Waals surface area contributed by atoms with E-state index in [4.69, 9.17) is 4.74 Å². The molecule has 2 atom stereocenters. The average molecular weight is 347 g/mol. The Bertz CT molecular complexity index is 496. The topological polar surface area (TPSA) is 48.9 Å². The number of rotatable bonds is 8. The minimum Gasteiger partial charge on any atom is -0.373 e. The maximum absolute atomic E-state index is 5.78. The van der Waals surface area contributed by atoms with Gasteiger partial charge in [-0.05, 0) is 38.7 Å². The first-order valence-electron chi connectivity index (χ1n) is 9.53. The van der Waals surface area contributed by atoms with Crippen molar-refractivity contribution in [1.29, 1.82) is 0 Å². The number of guanidine groups is 1. The van der Waals surface area contributed by atoms with Crippen LogP contribution in [0.3, 0.4) is 0 Å². The summed E-state index contributed by atoms with van der Waals surface area (Å²) in [5.74, 6) is 0.900. The first kappa shape index (κ1) is 19.7. The van der Waals surface area contributed by atoms with Crippen molar-refractivity contribution in [2.45, 2.75) is 45.3 Å². The third kappa shape index (κ3) is 7.88. The van der Waals surface area contributed by atoms with Gasteiger partial charge in [-0.3, -0.25) is 9.89 Å². The molecule has 0 amide bonds. The molecule has 2 unspecified atom stereocenters. The number of aliphatic imine (C=N–C) groups is 1. The fraction of sp³-hybridized carbons (Fsp3) is 0.650. The fourth-order valence-electron chi connectivity index (χ4n) is 3.34. The van der Waals surface area contributed by atoms with Crippen molar-refractivity contribution in [2.24, 2.45) is 4.99 Å². The summed E-state index contributed by atoms with van der Waals surface area (Å²) in [6.45, 7) is 9.37. The molecule has 0 bridgehead atoms.